The van der Waals surface area contributed by atoms with Crippen molar-refractivity contribution in [1.29, 1.82) is 0 Å². The van der Waals surface area contributed by atoms with Gasteiger partial charge in [-0.3, -0.25) is 4.68 Å². The Labute approximate surface area is 139 Å². The minimum Gasteiger partial charge on any atom is -0.268 e. The van der Waals surface area contributed by atoms with Crippen LogP contribution in [0.2, 0.25) is 0 Å². The molecular formula is C18H17IN2. The summed E-state index contributed by atoms with van der Waals surface area (Å²) in [5.41, 5.74) is 6.38. The van der Waals surface area contributed by atoms with Gasteiger partial charge in [-0.2, -0.15) is 5.10 Å². The smallest absolute Gasteiger partial charge is 0.0664 e. The van der Waals surface area contributed by atoms with E-state index in [1.54, 1.807) is 0 Å². The fraction of sp³-hybridized carbons (Fsp3) is 0.167. The third kappa shape index (κ3) is 3.18. The molecule has 0 atom stereocenters. The van der Waals surface area contributed by atoms with E-state index < -0.39 is 0 Å². The first-order chi connectivity index (χ1) is 10.1. The molecule has 0 aliphatic rings. The topological polar surface area (TPSA) is 17.8 Å². The Morgan fingerprint density at radius 3 is 2.43 bits per heavy atom. The molecule has 0 amide bonds. The second kappa shape index (κ2) is 6.02. The number of aromatic nitrogens is 2. The molecule has 106 valence electrons. The number of rotatable bonds is 3. The van der Waals surface area contributed by atoms with Crippen LogP contribution in [0.5, 0.6) is 0 Å². The van der Waals surface area contributed by atoms with Crippen LogP contribution in [0.25, 0.3) is 11.1 Å². The number of benzene rings is 2. The Kier molecular flexibility index (Phi) is 4.10. The average molecular weight is 388 g/mol. The summed E-state index contributed by atoms with van der Waals surface area (Å²) >= 11 is 2.34. The summed E-state index contributed by atoms with van der Waals surface area (Å²) in [6.45, 7) is 5.14. The molecule has 0 aliphatic heterocycles. The standard InChI is InChI=1S/C18H17IN2/c1-13-5-3-6-14(2)18(13)12-21-11-16(10-20-21)15-7-4-8-17(19)9-15/h3-11H,12H2,1-2H3. The van der Waals surface area contributed by atoms with E-state index in [2.05, 4.69) is 90.2 Å². The zero-order chi connectivity index (χ0) is 14.8. The van der Waals surface area contributed by atoms with Gasteiger partial charge in [-0.15, -0.1) is 0 Å². The van der Waals surface area contributed by atoms with Gasteiger partial charge in [0.2, 0.25) is 0 Å². The maximum absolute atomic E-state index is 4.51. The van der Waals surface area contributed by atoms with Gasteiger partial charge in [0.25, 0.3) is 0 Å². The molecule has 1 heterocycles. The first-order valence-corrected chi connectivity index (χ1v) is 8.05. The van der Waals surface area contributed by atoms with E-state index in [0.717, 1.165) is 6.54 Å². The Hall–Kier alpha value is -1.62. The summed E-state index contributed by atoms with van der Waals surface area (Å²) in [6, 6.07) is 14.9. The molecule has 2 nitrogen and oxygen atoms in total. The summed E-state index contributed by atoms with van der Waals surface area (Å²) in [4.78, 5) is 0. The predicted molar refractivity (Wildman–Crippen MR) is 95.4 cm³/mol. The molecular weight excluding hydrogens is 371 g/mol. The first kappa shape index (κ1) is 14.3. The van der Waals surface area contributed by atoms with Crippen LogP contribution in [0, 0.1) is 17.4 Å². The van der Waals surface area contributed by atoms with Crippen molar-refractivity contribution in [1.82, 2.24) is 9.78 Å². The minimum absolute atomic E-state index is 0.822. The molecule has 1 aromatic heterocycles. The predicted octanol–water partition coefficient (Wildman–Crippen LogP) is 4.82. The van der Waals surface area contributed by atoms with Crippen molar-refractivity contribution >= 4 is 22.6 Å². The van der Waals surface area contributed by atoms with Gasteiger partial charge in [-0.05, 0) is 70.8 Å². The van der Waals surface area contributed by atoms with Gasteiger partial charge in [0.05, 0.1) is 12.7 Å². The summed E-state index contributed by atoms with van der Waals surface area (Å²) in [6.07, 6.45) is 4.07. The van der Waals surface area contributed by atoms with E-state index in [9.17, 15) is 0 Å². The number of halogens is 1. The summed E-state index contributed by atoms with van der Waals surface area (Å²) < 4.78 is 3.26. The van der Waals surface area contributed by atoms with Gasteiger partial charge in [0.1, 0.15) is 0 Å². The van der Waals surface area contributed by atoms with Crippen molar-refractivity contribution in [3.63, 3.8) is 0 Å². The SMILES string of the molecule is Cc1cccc(C)c1Cn1cc(-c2cccc(I)c2)cn1. The molecule has 0 spiro atoms. The van der Waals surface area contributed by atoms with Gasteiger partial charge in [0, 0.05) is 15.3 Å². The van der Waals surface area contributed by atoms with Crippen LogP contribution in [0.3, 0.4) is 0 Å². The summed E-state index contributed by atoms with van der Waals surface area (Å²) in [7, 11) is 0. The zero-order valence-electron chi connectivity index (χ0n) is 12.2. The Bertz CT molecular complexity index is 754. The normalized spacial score (nSPS) is 10.8. The fourth-order valence-electron chi connectivity index (χ4n) is 2.53. The van der Waals surface area contributed by atoms with Crippen LogP contribution in [0.15, 0.2) is 54.9 Å². The van der Waals surface area contributed by atoms with Crippen LogP contribution in [0.1, 0.15) is 16.7 Å². The molecule has 3 aromatic rings. The maximum atomic E-state index is 4.51. The molecule has 0 N–H and O–H groups in total. The second-order valence-corrected chi connectivity index (χ2v) is 6.55. The zero-order valence-corrected chi connectivity index (χ0v) is 14.3. The van der Waals surface area contributed by atoms with E-state index in [0.29, 0.717) is 0 Å². The van der Waals surface area contributed by atoms with Crippen molar-refractivity contribution in [3.8, 4) is 11.1 Å². The highest BCUT2D eigenvalue weighted by Gasteiger charge is 2.06. The average Bonchev–Trinajstić information content (AvgIpc) is 2.92. The van der Waals surface area contributed by atoms with Crippen molar-refractivity contribution in [2.24, 2.45) is 0 Å². The second-order valence-electron chi connectivity index (χ2n) is 5.31. The highest BCUT2D eigenvalue weighted by molar-refractivity contribution is 14.1. The third-order valence-corrected chi connectivity index (χ3v) is 4.43. The lowest BCUT2D eigenvalue weighted by Crippen LogP contribution is -2.03. The van der Waals surface area contributed by atoms with Crippen molar-refractivity contribution in [2.45, 2.75) is 20.4 Å². The lowest BCUT2D eigenvalue weighted by molar-refractivity contribution is 0.681. The fourth-order valence-corrected chi connectivity index (χ4v) is 3.07. The minimum atomic E-state index is 0.822. The third-order valence-electron chi connectivity index (χ3n) is 3.76. The highest BCUT2D eigenvalue weighted by atomic mass is 127. The van der Waals surface area contributed by atoms with Crippen LogP contribution >= 0.6 is 22.6 Å². The largest absolute Gasteiger partial charge is 0.268 e. The maximum Gasteiger partial charge on any atom is 0.0664 e. The molecule has 0 saturated heterocycles. The van der Waals surface area contributed by atoms with E-state index >= 15 is 0 Å². The van der Waals surface area contributed by atoms with Crippen LogP contribution < -0.4 is 0 Å². The molecule has 0 unspecified atom stereocenters. The van der Waals surface area contributed by atoms with Crippen molar-refractivity contribution in [3.05, 3.63) is 75.1 Å². The molecule has 0 radical (unpaired) electrons. The quantitative estimate of drug-likeness (QED) is 0.589. The number of aryl methyl sites for hydroxylation is 2. The molecule has 0 saturated carbocycles. The van der Waals surface area contributed by atoms with E-state index in [1.165, 1.54) is 31.4 Å². The molecule has 0 aliphatic carbocycles. The Morgan fingerprint density at radius 2 is 1.71 bits per heavy atom. The van der Waals surface area contributed by atoms with Crippen LogP contribution in [0.4, 0.5) is 0 Å². The molecule has 0 bridgehead atoms. The number of hydrogen-bond donors (Lipinski definition) is 0. The van der Waals surface area contributed by atoms with Gasteiger partial charge in [-0.1, -0.05) is 30.3 Å². The molecule has 2 aromatic carbocycles. The van der Waals surface area contributed by atoms with Gasteiger partial charge in [-0.25, -0.2) is 0 Å². The number of hydrogen-bond acceptors (Lipinski definition) is 1. The number of nitrogens with zero attached hydrogens (tertiary/aromatic N) is 2. The van der Waals surface area contributed by atoms with Gasteiger partial charge < -0.3 is 0 Å². The van der Waals surface area contributed by atoms with Crippen LogP contribution in [-0.2, 0) is 6.54 Å². The monoisotopic (exact) mass is 388 g/mol. The van der Waals surface area contributed by atoms with Gasteiger partial charge in [0.15, 0.2) is 0 Å². The van der Waals surface area contributed by atoms with E-state index in [1.807, 2.05) is 10.9 Å². The van der Waals surface area contributed by atoms with Crippen molar-refractivity contribution in [2.75, 3.05) is 0 Å². The lowest BCUT2D eigenvalue weighted by Gasteiger charge is -2.09. The molecule has 3 rings (SSSR count). The summed E-state index contributed by atoms with van der Waals surface area (Å²) in [5.74, 6) is 0. The van der Waals surface area contributed by atoms with Crippen molar-refractivity contribution < 1.29 is 0 Å². The van der Waals surface area contributed by atoms with Gasteiger partial charge >= 0.3 is 0 Å². The molecule has 0 fully saturated rings. The Balaban J connectivity index is 1.89. The first-order valence-electron chi connectivity index (χ1n) is 6.97. The lowest BCUT2D eigenvalue weighted by atomic mass is 10.0. The van der Waals surface area contributed by atoms with E-state index in [-0.39, 0.29) is 0 Å². The molecule has 3 heteroatoms. The summed E-state index contributed by atoms with van der Waals surface area (Å²) in [5, 5.41) is 4.51. The molecule has 21 heavy (non-hydrogen) atoms. The van der Waals surface area contributed by atoms with E-state index in [4.69, 9.17) is 0 Å². The Morgan fingerprint density at radius 1 is 1.00 bits per heavy atom. The highest BCUT2D eigenvalue weighted by Crippen LogP contribution is 2.22. The van der Waals surface area contributed by atoms with Crippen LogP contribution in [-0.4, -0.2) is 9.78 Å².